The van der Waals surface area contributed by atoms with Gasteiger partial charge in [-0.2, -0.15) is 0 Å². The largest absolute Gasteiger partial charge is 0.349 e. The van der Waals surface area contributed by atoms with Crippen molar-refractivity contribution in [2.45, 2.75) is 6.92 Å². The Kier molecular flexibility index (Phi) is 1.72. The maximum Gasteiger partial charge on any atom is 0.338 e. The van der Waals surface area contributed by atoms with Gasteiger partial charge in [0.1, 0.15) is 0 Å². The summed E-state index contributed by atoms with van der Waals surface area (Å²) in [6, 6.07) is 0. The molecule has 0 aliphatic rings. The predicted octanol–water partition coefficient (Wildman–Crippen LogP) is 1.53. The van der Waals surface area contributed by atoms with E-state index in [0.717, 1.165) is 0 Å². The van der Waals surface area contributed by atoms with Crippen molar-refractivity contribution in [2.24, 2.45) is 0 Å². The second-order valence-corrected chi connectivity index (χ2v) is 1.94. The highest BCUT2D eigenvalue weighted by Gasteiger charge is 2.21. The molecule has 0 bridgehead atoms. The first-order chi connectivity index (χ1) is 5.16. The predicted molar refractivity (Wildman–Crippen MR) is 38.0 cm³/mol. The first-order valence-corrected chi connectivity index (χ1v) is 2.90. The normalized spacial score (nSPS) is 9.55. The molecule has 1 rings (SSSR count). The Morgan fingerprint density at radius 1 is 1.82 bits per heavy atom. The summed E-state index contributed by atoms with van der Waals surface area (Å²) in [5.74, 6) is 0.104. The zero-order valence-electron chi connectivity index (χ0n) is 5.90. The Morgan fingerprint density at radius 2 is 2.45 bits per heavy atom. The molecule has 5 heteroatoms. The molecule has 0 spiro atoms. The van der Waals surface area contributed by atoms with E-state index in [-0.39, 0.29) is 17.1 Å². The van der Waals surface area contributed by atoms with Gasteiger partial charge in [-0.05, 0) is 13.0 Å². The van der Waals surface area contributed by atoms with Gasteiger partial charge in [-0.1, -0.05) is 11.7 Å². The second-order valence-electron chi connectivity index (χ2n) is 1.94. The minimum Gasteiger partial charge on any atom is -0.349 e. The van der Waals surface area contributed by atoms with Crippen LogP contribution in [0.2, 0.25) is 0 Å². The molecule has 1 aromatic heterocycles. The maximum atomic E-state index is 10.3. The molecule has 5 nitrogen and oxygen atoms in total. The van der Waals surface area contributed by atoms with Gasteiger partial charge in [0, 0.05) is 0 Å². The first kappa shape index (κ1) is 7.46. The fourth-order valence-corrected chi connectivity index (χ4v) is 0.738. The molecule has 0 radical (unpaired) electrons. The molecule has 0 aliphatic heterocycles. The third-order valence-electron chi connectivity index (χ3n) is 1.22. The first-order valence-electron chi connectivity index (χ1n) is 2.90. The molecule has 0 fully saturated rings. The number of hydrogen-bond acceptors (Lipinski definition) is 4. The zero-order valence-corrected chi connectivity index (χ0v) is 5.90. The molecule has 1 aromatic rings. The molecule has 0 saturated carbocycles. The SMILES string of the molecule is C=Cc1onc(C)c1[N+](=O)[O-]. The van der Waals surface area contributed by atoms with E-state index in [1.54, 1.807) is 0 Å². The summed E-state index contributed by atoms with van der Waals surface area (Å²) in [4.78, 5) is 9.78. The van der Waals surface area contributed by atoms with Gasteiger partial charge in [0.15, 0.2) is 5.69 Å². The lowest BCUT2D eigenvalue weighted by Crippen LogP contribution is -1.89. The maximum absolute atomic E-state index is 10.3. The summed E-state index contributed by atoms with van der Waals surface area (Å²) in [6.07, 6.45) is 1.26. The molecule has 11 heavy (non-hydrogen) atoms. The number of hydrogen-bond donors (Lipinski definition) is 0. The monoisotopic (exact) mass is 154 g/mol. The Morgan fingerprint density at radius 3 is 2.82 bits per heavy atom. The Labute approximate surface area is 62.5 Å². The van der Waals surface area contributed by atoms with Crippen molar-refractivity contribution in [1.29, 1.82) is 0 Å². The van der Waals surface area contributed by atoms with E-state index in [9.17, 15) is 10.1 Å². The van der Waals surface area contributed by atoms with Gasteiger partial charge in [0.25, 0.3) is 0 Å². The summed E-state index contributed by atoms with van der Waals surface area (Å²) >= 11 is 0. The number of nitrogens with zero attached hydrogens (tertiary/aromatic N) is 2. The summed E-state index contributed by atoms with van der Waals surface area (Å²) in [5.41, 5.74) is 0.157. The van der Waals surface area contributed by atoms with Gasteiger partial charge < -0.3 is 4.52 Å². The fraction of sp³-hybridized carbons (Fsp3) is 0.167. The molecule has 0 unspecified atom stereocenters. The van der Waals surface area contributed by atoms with Gasteiger partial charge in [0.2, 0.25) is 5.76 Å². The van der Waals surface area contributed by atoms with Crippen LogP contribution in [-0.4, -0.2) is 10.1 Å². The smallest absolute Gasteiger partial charge is 0.338 e. The highest BCUT2D eigenvalue weighted by molar-refractivity contribution is 5.54. The number of aromatic nitrogens is 1. The lowest BCUT2D eigenvalue weighted by Gasteiger charge is -1.84. The van der Waals surface area contributed by atoms with E-state index < -0.39 is 4.92 Å². The lowest BCUT2D eigenvalue weighted by molar-refractivity contribution is -0.386. The van der Waals surface area contributed by atoms with Gasteiger partial charge in [-0.15, -0.1) is 0 Å². The quantitative estimate of drug-likeness (QED) is 0.478. The Bertz CT molecular complexity index is 303. The molecule has 0 amide bonds. The molecular weight excluding hydrogens is 148 g/mol. The van der Waals surface area contributed by atoms with Crippen molar-refractivity contribution in [3.63, 3.8) is 0 Å². The van der Waals surface area contributed by atoms with E-state index in [0.29, 0.717) is 0 Å². The van der Waals surface area contributed by atoms with Crippen molar-refractivity contribution in [2.75, 3.05) is 0 Å². The molecule has 0 N–H and O–H groups in total. The van der Waals surface area contributed by atoms with Gasteiger partial charge in [-0.3, -0.25) is 10.1 Å². The van der Waals surface area contributed by atoms with Gasteiger partial charge in [0.05, 0.1) is 4.92 Å². The molecule has 1 heterocycles. The van der Waals surface area contributed by atoms with E-state index in [4.69, 9.17) is 0 Å². The van der Waals surface area contributed by atoms with Crippen LogP contribution in [0.1, 0.15) is 11.5 Å². The van der Waals surface area contributed by atoms with Gasteiger partial charge in [-0.25, -0.2) is 0 Å². The topological polar surface area (TPSA) is 69.2 Å². The van der Waals surface area contributed by atoms with Gasteiger partial charge >= 0.3 is 5.69 Å². The lowest BCUT2D eigenvalue weighted by atomic mass is 10.3. The Hall–Kier alpha value is -1.65. The van der Waals surface area contributed by atoms with Crippen LogP contribution in [0.5, 0.6) is 0 Å². The summed E-state index contributed by atoms with van der Waals surface area (Å²) in [5, 5.41) is 13.7. The van der Waals surface area contributed by atoms with E-state index in [1.807, 2.05) is 0 Å². The third-order valence-corrected chi connectivity index (χ3v) is 1.22. The molecule has 58 valence electrons. The molecule has 0 aliphatic carbocycles. The van der Waals surface area contributed by atoms with Crippen molar-refractivity contribution in [3.05, 3.63) is 28.1 Å². The average molecular weight is 154 g/mol. The van der Waals surface area contributed by atoms with Crippen LogP contribution in [0.3, 0.4) is 0 Å². The number of aryl methyl sites for hydroxylation is 1. The van der Waals surface area contributed by atoms with Crippen molar-refractivity contribution < 1.29 is 9.45 Å². The van der Waals surface area contributed by atoms with Crippen LogP contribution < -0.4 is 0 Å². The minimum absolute atomic E-state index is 0.104. The summed E-state index contributed by atoms with van der Waals surface area (Å²) in [6.45, 7) is 4.86. The summed E-state index contributed by atoms with van der Waals surface area (Å²) in [7, 11) is 0. The second kappa shape index (κ2) is 2.53. The van der Waals surface area contributed by atoms with E-state index >= 15 is 0 Å². The zero-order chi connectivity index (χ0) is 8.43. The summed E-state index contributed by atoms with van der Waals surface area (Å²) < 4.78 is 4.60. The third kappa shape index (κ3) is 1.12. The van der Waals surface area contributed by atoms with Crippen LogP contribution in [0, 0.1) is 17.0 Å². The number of rotatable bonds is 2. The van der Waals surface area contributed by atoms with Crippen molar-refractivity contribution in [3.8, 4) is 0 Å². The van der Waals surface area contributed by atoms with Crippen molar-refractivity contribution in [1.82, 2.24) is 5.16 Å². The highest BCUT2D eigenvalue weighted by atomic mass is 16.6. The molecule has 0 aromatic carbocycles. The van der Waals surface area contributed by atoms with Crippen LogP contribution in [0.4, 0.5) is 5.69 Å². The van der Waals surface area contributed by atoms with Crippen LogP contribution in [-0.2, 0) is 0 Å². The standard InChI is InChI=1S/C6H6N2O3/c1-3-5-6(8(9)10)4(2)7-11-5/h3H,1H2,2H3. The number of nitro groups is 1. The fourth-order valence-electron chi connectivity index (χ4n) is 0.738. The van der Waals surface area contributed by atoms with Crippen molar-refractivity contribution >= 4 is 11.8 Å². The van der Waals surface area contributed by atoms with Crippen LogP contribution >= 0.6 is 0 Å². The highest BCUT2D eigenvalue weighted by Crippen LogP contribution is 2.22. The molecule has 0 saturated heterocycles. The van der Waals surface area contributed by atoms with E-state index in [2.05, 4.69) is 16.3 Å². The minimum atomic E-state index is -0.539. The molecule has 0 atom stereocenters. The average Bonchev–Trinajstić information content (AvgIpc) is 2.30. The van der Waals surface area contributed by atoms with Crippen LogP contribution in [0.25, 0.3) is 6.08 Å². The Balaban J connectivity index is 3.28. The molecular formula is C6H6N2O3. The van der Waals surface area contributed by atoms with E-state index in [1.165, 1.54) is 13.0 Å². The van der Waals surface area contributed by atoms with Crippen LogP contribution in [0.15, 0.2) is 11.1 Å².